The third-order valence-corrected chi connectivity index (χ3v) is 5.74. The molecule has 1 amide bonds. The van der Waals surface area contributed by atoms with E-state index in [1.165, 1.54) is 14.0 Å². The molecule has 0 saturated carbocycles. The molecule has 1 rings (SSSR count). The van der Waals surface area contributed by atoms with Crippen molar-refractivity contribution in [2.24, 2.45) is 0 Å². The van der Waals surface area contributed by atoms with Crippen molar-refractivity contribution in [2.75, 3.05) is 18.9 Å². The first-order valence-electron chi connectivity index (χ1n) is 5.61. The Kier molecular flexibility index (Phi) is 7.09. The van der Waals surface area contributed by atoms with Crippen molar-refractivity contribution < 1.29 is 19.5 Å². The third-order valence-electron chi connectivity index (χ3n) is 2.50. The fourth-order valence-electron chi connectivity index (χ4n) is 1.54. The molecule has 6 nitrogen and oxygen atoms in total. The molecule has 0 aliphatic carbocycles. The highest BCUT2D eigenvalue weighted by Crippen LogP contribution is 2.35. The van der Waals surface area contributed by atoms with Crippen LogP contribution in [0.2, 0.25) is 0 Å². The number of anilines is 1. The summed E-state index contributed by atoms with van der Waals surface area (Å²) in [7, 11) is 1.48. The number of ketones is 1. The second-order valence-electron chi connectivity index (χ2n) is 4.01. The summed E-state index contributed by atoms with van der Waals surface area (Å²) in [5.41, 5.74) is 0.839. The lowest BCUT2D eigenvalue weighted by atomic mass is 10.1. The molecule has 0 radical (unpaired) electrons. The molecule has 21 heavy (non-hydrogen) atoms. The van der Waals surface area contributed by atoms with Crippen molar-refractivity contribution in [2.45, 2.75) is 6.92 Å². The number of carbonyl (C=O) groups is 3. The number of Topliss-reactive ketones (excluding diaryl/α,β-unsaturated/α-hetero) is 1. The standard InChI is InChI=1S/C12H11I3N2O4/c1-4(18)3-17-10-8(14)5(11(19)16-2)7(13)6(9(10)15)12(20)21/h17H,3H2,1-2H3,(H,16,19)(H,20,21). The number of benzene rings is 1. The monoisotopic (exact) mass is 628 g/mol. The van der Waals surface area contributed by atoms with Crippen LogP contribution in [0.3, 0.4) is 0 Å². The number of carbonyl (C=O) groups excluding carboxylic acids is 2. The zero-order valence-electron chi connectivity index (χ0n) is 11.0. The number of amides is 1. The quantitative estimate of drug-likeness (QED) is 0.437. The number of hydrogen-bond donors (Lipinski definition) is 3. The van der Waals surface area contributed by atoms with Gasteiger partial charge in [-0.1, -0.05) is 0 Å². The predicted octanol–water partition coefficient (Wildman–Crippen LogP) is 2.56. The average molecular weight is 628 g/mol. The molecule has 0 heterocycles. The minimum absolute atomic E-state index is 0.0567. The number of nitrogens with one attached hydrogen (secondary N) is 2. The van der Waals surface area contributed by atoms with Crippen LogP contribution in [0.25, 0.3) is 0 Å². The Hall–Kier alpha value is -0.180. The van der Waals surface area contributed by atoms with Crippen molar-refractivity contribution in [1.82, 2.24) is 5.32 Å². The number of halogens is 3. The van der Waals surface area contributed by atoms with Gasteiger partial charge in [0.25, 0.3) is 5.91 Å². The van der Waals surface area contributed by atoms with E-state index in [0.29, 0.717) is 22.0 Å². The highest BCUT2D eigenvalue weighted by Gasteiger charge is 2.27. The smallest absolute Gasteiger partial charge is 0.337 e. The first kappa shape index (κ1) is 18.9. The van der Waals surface area contributed by atoms with Crippen LogP contribution >= 0.6 is 67.8 Å². The number of rotatable bonds is 5. The van der Waals surface area contributed by atoms with E-state index in [9.17, 15) is 19.5 Å². The second kappa shape index (κ2) is 7.89. The van der Waals surface area contributed by atoms with E-state index < -0.39 is 5.97 Å². The van der Waals surface area contributed by atoms with Crippen LogP contribution in [-0.4, -0.2) is 36.4 Å². The van der Waals surface area contributed by atoms with Crippen LogP contribution in [0.1, 0.15) is 27.6 Å². The Labute approximate surface area is 162 Å². The lowest BCUT2D eigenvalue weighted by Gasteiger charge is -2.17. The SMILES string of the molecule is CNC(=O)c1c(I)c(NCC(C)=O)c(I)c(C(=O)O)c1I. The summed E-state index contributed by atoms with van der Waals surface area (Å²) >= 11 is 5.75. The van der Waals surface area contributed by atoms with Crippen LogP contribution in [0.5, 0.6) is 0 Å². The van der Waals surface area contributed by atoms with Gasteiger partial charge in [0.05, 0.1) is 30.5 Å². The highest BCUT2D eigenvalue weighted by atomic mass is 127. The molecule has 1 aromatic rings. The molecule has 0 aromatic heterocycles. The van der Waals surface area contributed by atoms with E-state index in [2.05, 4.69) is 10.6 Å². The maximum atomic E-state index is 12.0. The molecule has 0 saturated heterocycles. The molecule has 9 heteroatoms. The molecular weight excluding hydrogens is 617 g/mol. The van der Waals surface area contributed by atoms with Crippen LogP contribution in [0, 0.1) is 10.7 Å². The van der Waals surface area contributed by atoms with Crippen molar-refractivity contribution in [3.8, 4) is 0 Å². The van der Waals surface area contributed by atoms with Crippen LogP contribution in [-0.2, 0) is 4.79 Å². The molecule has 0 spiro atoms. The normalized spacial score (nSPS) is 10.1. The lowest BCUT2D eigenvalue weighted by molar-refractivity contribution is -0.115. The summed E-state index contributed by atoms with van der Waals surface area (Å²) < 4.78 is 1.44. The summed E-state index contributed by atoms with van der Waals surface area (Å²) in [4.78, 5) is 34.6. The number of hydrogen-bond acceptors (Lipinski definition) is 4. The van der Waals surface area contributed by atoms with E-state index in [4.69, 9.17) is 0 Å². The van der Waals surface area contributed by atoms with Crippen molar-refractivity contribution in [3.63, 3.8) is 0 Å². The maximum absolute atomic E-state index is 12.0. The van der Waals surface area contributed by atoms with Gasteiger partial charge < -0.3 is 15.7 Å². The minimum atomic E-state index is -1.11. The molecule has 0 atom stereocenters. The summed E-state index contributed by atoms with van der Waals surface area (Å²) in [5, 5.41) is 14.8. The Balaban J connectivity index is 3.63. The summed E-state index contributed by atoms with van der Waals surface area (Å²) in [5.74, 6) is -1.57. The fourth-order valence-corrected chi connectivity index (χ4v) is 6.04. The van der Waals surface area contributed by atoms with Gasteiger partial charge in [-0.3, -0.25) is 9.59 Å². The number of carboxylic acid groups (broad SMARTS) is 1. The number of carboxylic acids is 1. The van der Waals surface area contributed by atoms with Gasteiger partial charge in [0.2, 0.25) is 0 Å². The molecule has 3 N–H and O–H groups in total. The predicted molar refractivity (Wildman–Crippen MR) is 104 cm³/mol. The summed E-state index contributed by atoms with van der Waals surface area (Å²) in [6.45, 7) is 1.50. The zero-order valence-corrected chi connectivity index (χ0v) is 17.5. The van der Waals surface area contributed by atoms with E-state index in [1.807, 2.05) is 67.8 Å². The van der Waals surface area contributed by atoms with Crippen molar-refractivity contribution in [3.05, 3.63) is 21.8 Å². The summed E-state index contributed by atoms with van der Waals surface area (Å²) in [6.07, 6.45) is 0. The molecule has 0 bridgehead atoms. The Bertz CT molecular complexity index is 632. The van der Waals surface area contributed by atoms with Crippen molar-refractivity contribution >= 4 is 91.1 Å². The van der Waals surface area contributed by atoms with E-state index >= 15 is 0 Å². The van der Waals surface area contributed by atoms with Gasteiger partial charge >= 0.3 is 5.97 Å². The Morgan fingerprint density at radius 2 is 1.57 bits per heavy atom. The maximum Gasteiger partial charge on any atom is 0.337 e. The zero-order chi connectivity index (χ0) is 16.3. The van der Waals surface area contributed by atoms with Crippen LogP contribution in [0.15, 0.2) is 0 Å². The minimum Gasteiger partial charge on any atom is -0.478 e. The van der Waals surface area contributed by atoms with Gasteiger partial charge in [-0.25, -0.2) is 4.79 Å². The topological polar surface area (TPSA) is 95.5 Å². The molecule has 114 valence electrons. The first-order valence-corrected chi connectivity index (χ1v) is 8.85. The molecule has 0 fully saturated rings. The first-order chi connectivity index (χ1) is 9.72. The highest BCUT2D eigenvalue weighted by molar-refractivity contribution is 14.1. The van der Waals surface area contributed by atoms with Gasteiger partial charge in [0, 0.05) is 10.6 Å². The summed E-state index contributed by atoms with van der Waals surface area (Å²) in [6, 6.07) is 0. The van der Waals surface area contributed by atoms with Gasteiger partial charge in [0.15, 0.2) is 0 Å². The van der Waals surface area contributed by atoms with E-state index in [0.717, 1.165) is 0 Å². The van der Waals surface area contributed by atoms with E-state index in [-0.39, 0.29) is 23.8 Å². The van der Waals surface area contributed by atoms with Gasteiger partial charge in [-0.2, -0.15) is 0 Å². The number of aromatic carboxylic acids is 1. The molecule has 1 aromatic carbocycles. The Morgan fingerprint density at radius 1 is 1.05 bits per heavy atom. The molecule has 0 aliphatic heterocycles. The second-order valence-corrected chi connectivity index (χ2v) is 7.24. The average Bonchev–Trinajstić information content (AvgIpc) is 2.37. The molecule has 0 unspecified atom stereocenters. The third kappa shape index (κ3) is 4.18. The van der Waals surface area contributed by atoms with Gasteiger partial charge in [0.1, 0.15) is 5.78 Å². The Morgan fingerprint density at radius 3 is 2.00 bits per heavy atom. The fraction of sp³-hybridized carbons (Fsp3) is 0.250. The molecule has 0 aliphatic rings. The van der Waals surface area contributed by atoms with Gasteiger partial charge in [-0.05, 0) is 74.7 Å². The van der Waals surface area contributed by atoms with Crippen LogP contribution < -0.4 is 10.6 Å². The lowest BCUT2D eigenvalue weighted by Crippen LogP contribution is -2.24. The van der Waals surface area contributed by atoms with Crippen molar-refractivity contribution in [1.29, 1.82) is 0 Å². The largest absolute Gasteiger partial charge is 0.478 e. The van der Waals surface area contributed by atoms with Crippen LogP contribution in [0.4, 0.5) is 5.69 Å². The molecular formula is C12H11I3N2O4. The van der Waals surface area contributed by atoms with E-state index in [1.54, 1.807) is 0 Å². The van der Waals surface area contributed by atoms with Gasteiger partial charge in [-0.15, -0.1) is 0 Å².